The number of nitrogens with zero attached hydrogens (tertiary/aromatic N) is 1. The minimum absolute atomic E-state index is 0.226. The molecule has 1 aliphatic rings. The van der Waals surface area contributed by atoms with Crippen LogP contribution in [0.1, 0.15) is 91.4 Å². The molecule has 0 aliphatic carbocycles. The molecule has 0 aromatic carbocycles. The number of hydrogen-bond donors (Lipinski definition) is 1. The average Bonchev–Trinajstić information content (AvgIpc) is 3.03. The summed E-state index contributed by atoms with van der Waals surface area (Å²) in [5.74, 6) is 0.534. The molecule has 27 heavy (non-hydrogen) atoms. The van der Waals surface area contributed by atoms with Crippen LogP contribution >= 0.6 is 0 Å². The highest BCUT2D eigenvalue weighted by molar-refractivity contribution is 5.76. The lowest BCUT2D eigenvalue weighted by atomic mass is 10.1. The van der Waals surface area contributed by atoms with Gasteiger partial charge in [0.2, 0.25) is 5.91 Å². The molecule has 0 saturated carbocycles. The van der Waals surface area contributed by atoms with Crippen LogP contribution in [0.3, 0.4) is 0 Å². The fourth-order valence-corrected chi connectivity index (χ4v) is 3.07. The van der Waals surface area contributed by atoms with E-state index in [1.165, 1.54) is 32.1 Å². The Kier molecular flexibility index (Phi) is 22.4. The molecule has 0 spiro atoms. The minimum Gasteiger partial charge on any atom is -0.388 e. The van der Waals surface area contributed by atoms with Crippen molar-refractivity contribution in [3.8, 4) is 0 Å². The molecule has 1 unspecified atom stereocenters. The molecule has 1 aliphatic heterocycles. The van der Waals surface area contributed by atoms with Gasteiger partial charge in [-0.15, -0.1) is 0 Å². The monoisotopic (exact) mass is 386 g/mol. The van der Waals surface area contributed by atoms with E-state index in [9.17, 15) is 9.59 Å². The van der Waals surface area contributed by atoms with Gasteiger partial charge in [-0.25, -0.2) is 0 Å². The standard InChI is InChI=1S/C18H34N2O2.C2H6O.C2H6/c1-16(21)11-9-7-5-3-4-6-8-10-12-18(22)19-17-13-14-20(2)15-17;1-3-2;1-2/h17H,3-15H2,1-2H3,(H,19,22);1-2H3;1-2H3. The molecule has 5 heteroatoms. The molecular weight excluding hydrogens is 340 g/mol. The van der Waals surface area contributed by atoms with E-state index in [1.54, 1.807) is 21.1 Å². The Labute approximate surface area is 168 Å². The zero-order valence-electron chi connectivity index (χ0n) is 18.9. The first kappa shape index (κ1) is 28.3. The van der Waals surface area contributed by atoms with Crippen LogP contribution in [-0.4, -0.2) is 57.0 Å². The number of likely N-dealkylation sites (tertiary alicyclic amines) is 1. The Morgan fingerprint density at radius 2 is 1.37 bits per heavy atom. The van der Waals surface area contributed by atoms with Gasteiger partial charge in [0.1, 0.15) is 5.78 Å². The number of amides is 1. The number of Topliss-reactive ketones (excluding diaryl/α,β-unsaturated/α-hetero) is 1. The van der Waals surface area contributed by atoms with Crippen LogP contribution in [0.5, 0.6) is 0 Å². The lowest BCUT2D eigenvalue weighted by molar-refractivity contribution is -0.122. The molecule has 0 aromatic heterocycles. The maximum Gasteiger partial charge on any atom is 0.220 e. The van der Waals surface area contributed by atoms with Gasteiger partial charge in [-0.2, -0.15) is 0 Å². The molecule has 1 N–H and O–H groups in total. The molecule has 1 amide bonds. The summed E-state index contributed by atoms with van der Waals surface area (Å²) in [5, 5.41) is 3.14. The summed E-state index contributed by atoms with van der Waals surface area (Å²) < 4.78 is 4.25. The molecule has 1 atom stereocenters. The highest BCUT2D eigenvalue weighted by atomic mass is 16.4. The Bertz CT molecular complexity index is 348. The normalized spacial score (nSPS) is 16.0. The summed E-state index contributed by atoms with van der Waals surface area (Å²) in [6.07, 6.45) is 11.9. The first-order valence-electron chi connectivity index (χ1n) is 10.9. The highest BCUT2D eigenvalue weighted by Crippen LogP contribution is 2.11. The van der Waals surface area contributed by atoms with Gasteiger partial charge in [0, 0.05) is 39.6 Å². The summed E-state index contributed by atoms with van der Waals surface area (Å²) in [7, 11) is 5.35. The molecule has 1 fully saturated rings. The van der Waals surface area contributed by atoms with Crippen molar-refractivity contribution >= 4 is 11.7 Å². The van der Waals surface area contributed by atoms with Crippen molar-refractivity contribution in [2.45, 2.75) is 97.4 Å². The van der Waals surface area contributed by atoms with E-state index in [2.05, 4.69) is 22.0 Å². The molecule has 162 valence electrons. The van der Waals surface area contributed by atoms with Crippen molar-refractivity contribution in [1.82, 2.24) is 10.2 Å². The van der Waals surface area contributed by atoms with Crippen molar-refractivity contribution in [3.63, 3.8) is 0 Å². The third kappa shape index (κ3) is 21.2. The van der Waals surface area contributed by atoms with Crippen LogP contribution in [0.15, 0.2) is 0 Å². The average molecular weight is 387 g/mol. The van der Waals surface area contributed by atoms with Crippen molar-refractivity contribution < 1.29 is 14.3 Å². The van der Waals surface area contributed by atoms with Crippen LogP contribution in [0, 0.1) is 0 Å². The predicted octanol–water partition coefficient (Wildman–Crippen LogP) is 4.59. The van der Waals surface area contributed by atoms with E-state index in [4.69, 9.17) is 0 Å². The number of methoxy groups -OCH3 is 1. The summed E-state index contributed by atoms with van der Waals surface area (Å²) in [5.41, 5.74) is 0. The van der Waals surface area contributed by atoms with Crippen molar-refractivity contribution in [1.29, 1.82) is 0 Å². The SMILES string of the molecule is CC.CC(=O)CCCCCCCCCCC(=O)NC1CCN(C)C1.COC. The number of likely N-dealkylation sites (N-methyl/N-ethyl adjacent to an activating group) is 1. The van der Waals surface area contributed by atoms with E-state index in [0.29, 0.717) is 18.2 Å². The van der Waals surface area contributed by atoms with Gasteiger partial charge < -0.3 is 19.7 Å². The van der Waals surface area contributed by atoms with Crippen molar-refractivity contribution in [3.05, 3.63) is 0 Å². The summed E-state index contributed by atoms with van der Waals surface area (Å²) in [6.45, 7) is 7.76. The topological polar surface area (TPSA) is 58.6 Å². The Balaban J connectivity index is 0. The molecule has 1 saturated heterocycles. The first-order valence-corrected chi connectivity index (χ1v) is 10.9. The maximum absolute atomic E-state index is 11.8. The molecule has 0 radical (unpaired) electrons. The van der Waals surface area contributed by atoms with Gasteiger partial charge in [-0.05, 0) is 39.8 Å². The van der Waals surface area contributed by atoms with Crippen LogP contribution in [0.2, 0.25) is 0 Å². The first-order chi connectivity index (χ1) is 13.0. The van der Waals surface area contributed by atoms with Gasteiger partial charge in [0.05, 0.1) is 0 Å². The minimum atomic E-state index is 0.226. The quantitative estimate of drug-likeness (QED) is 0.499. The fraction of sp³-hybridized carbons (Fsp3) is 0.909. The second-order valence-electron chi connectivity index (χ2n) is 7.25. The van der Waals surface area contributed by atoms with Gasteiger partial charge in [-0.3, -0.25) is 4.79 Å². The summed E-state index contributed by atoms with van der Waals surface area (Å²) >= 11 is 0. The van der Waals surface area contributed by atoms with E-state index in [1.807, 2.05) is 13.8 Å². The van der Waals surface area contributed by atoms with Crippen LogP contribution < -0.4 is 5.32 Å². The second-order valence-corrected chi connectivity index (χ2v) is 7.25. The number of hydrogen-bond acceptors (Lipinski definition) is 4. The third-order valence-electron chi connectivity index (χ3n) is 4.44. The van der Waals surface area contributed by atoms with E-state index >= 15 is 0 Å². The Morgan fingerprint density at radius 3 is 1.78 bits per heavy atom. The number of carbonyl (C=O) groups is 2. The van der Waals surface area contributed by atoms with E-state index in [0.717, 1.165) is 45.2 Å². The van der Waals surface area contributed by atoms with Gasteiger partial charge in [0.25, 0.3) is 0 Å². The lowest BCUT2D eigenvalue weighted by Gasteiger charge is -2.12. The zero-order valence-corrected chi connectivity index (χ0v) is 18.9. The van der Waals surface area contributed by atoms with E-state index < -0.39 is 0 Å². The number of ketones is 1. The van der Waals surface area contributed by atoms with Crippen LogP contribution in [0.25, 0.3) is 0 Å². The molecule has 0 bridgehead atoms. The molecular formula is C22H46N2O3. The largest absolute Gasteiger partial charge is 0.388 e. The molecule has 1 heterocycles. The number of unbranched alkanes of at least 4 members (excludes halogenated alkanes) is 7. The fourth-order valence-electron chi connectivity index (χ4n) is 3.07. The number of rotatable bonds is 12. The number of carbonyl (C=O) groups excluding carboxylic acids is 2. The summed E-state index contributed by atoms with van der Waals surface area (Å²) in [6, 6.07) is 0.368. The molecule has 5 nitrogen and oxygen atoms in total. The molecule has 0 aromatic rings. The van der Waals surface area contributed by atoms with Gasteiger partial charge in [0.15, 0.2) is 0 Å². The smallest absolute Gasteiger partial charge is 0.220 e. The predicted molar refractivity (Wildman–Crippen MR) is 115 cm³/mol. The van der Waals surface area contributed by atoms with Crippen LogP contribution in [-0.2, 0) is 14.3 Å². The van der Waals surface area contributed by atoms with E-state index in [-0.39, 0.29) is 5.91 Å². The highest BCUT2D eigenvalue weighted by Gasteiger charge is 2.20. The number of nitrogens with one attached hydrogen (secondary N) is 1. The van der Waals surface area contributed by atoms with Crippen molar-refractivity contribution in [2.75, 3.05) is 34.4 Å². The zero-order chi connectivity index (χ0) is 20.9. The number of ether oxygens (including phenoxy) is 1. The van der Waals surface area contributed by atoms with Crippen LogP contribution in [0.4, 0.5) is 0 Å². The Hall–Kier alpha value is -0.940. The van der Waals surface area contributed by atoms with Gasteiger partial charge >= 0.3 is 0 Å². The van der Waals surface area contributed by atoms with Crippen molar-refractivity contribution in [2.24, 2.45) is 0 Å². The third-order valence-corrected chi connectivity index (χ3v) is 4.44. The molecule has 1 rings (SSSR count). The lowest BCUT2D eigenvalue weighted by Crippen LogP contribution is -2.36. The van der Waals surface area contributed by atoms with Gasteiger partial charge in [-0.1, -0.05) is 52.4 Å². The maximum atomic E-state index is 11.8. The Morgan fingerprint density at radius 1 is 0.926 bits per heavy atom. The second kappa shape index (κ2) is 21.4. The summed E-state index contributed by atoms with van der Waals surface area (Å²) in [4.78, 5) is 24.9.